The molecule has 22 heavy (non-hydrogen) atoms. The van der Waals surface area contributed by atoms with Gasteiger partial charge in [-0.05, 0) is 37.6 Å². The topological polar surface area (TPSA) is 77.2 Å². The molecule has 0 amide bonds. The number of carbonyl (C=O) groups excluding carboxylic acids is 1. The van der Waals surface area contributed by atoms with Crippen molar-refractivity contribution in [1.29, 1.82) is 0 Å². The number of carbonyl (C=O) groups is 1. The van der Waals surface area contributed by atoms with Crippen LogP contribution in [0.5, 0.6) is 0 Å². The number of thiophene rings is 1. The molecule has 0 atom stereocenters. The molecule has 2 aromatic heterocycles. The zero-order chi connectivity index (χ0) is 16.2. The highest BCUT2D eigenvalue weighted by molar-refractivity contribution is 7.97. The lowest BCUT2D eigenvalue weighted by Gasteiger charge is -2.20. The van der Waals surface area contributed by atoms with Crippen LogP contribution in [-0.2, 0) is 9.53 Å². The molecule has 1 N–H and O–H groups in total. The number of aromatic nitrogens is 2. The van der Waals surface area contributed by atoms with Crippen LogP contribution in [0.15, 0.2) is 38.3 Å². The third-order valence-corrected chi connectivity index (χ3v) is 3.91. The molecule has 0 unspecified atom stereocenters. The molecule has 0 spiro atoms. The van der Waals surface area contributed by atoms with Gasteiger partial charge in [-0.2, -0.15) is 0 Å². The second kappa shape index (κ2) is 7.21. The fourth-order valence-electron chi connectivity index (χ4n) is 1.30. The number of ether oxygens (including phenoxy) is 1. The molecular formula is C13H15N3O3S3. The highest BCUT2D eigenvalue weighted by Crippen LogP contribution is 2.26. The minimum absolute atomic E-state index is 0.194. The number of nitrogens with zero attached hydrogens (tertiary/aromatic N) is 2. The predicted molar refractivity (Wildman–Crippen MR) is 89.5 cm³/mol. The van der Waals surface area contributed by atoms with Crippen LogP contribution in [0, 0.1) is 0 Å². The fourth-order valence-corrected chi connectivity index (χ4v) is 2.75. The Balaban J connectivity index is 1.95. The van der Waals surface area contributed by atoms with E-state index in [1.165, 1.54) is 16.7 Å². The van der Waals surface area contributed by atoms with Crippen molar-refractivity contribution < 1.29 is 13.9 Å². The second-order valence-electron chi connectivity index (χ2n) is 5.10. The minimum Gasteiger partial charge on any atom is -0.455 e. The summed E-state index contributed by atoms with van der Waals surface area (Å²) in [6, 6.07) is 3.79. The van der Waals surface area contributed by atoms with Gasteiger partial charge < -0.3 is 13.9 Å². The molecule has 0 bridgehead atoms. The van der Waals surface area contributed by atoms with Crippen LogP contribution in [0.3, 0.4) is 0 Å². The summed E-state index contributed by atoms with van der Waals surface area (Å²) in [6.07, 6.45) is 0. The van der Waals surface area contributed by atoms with Gasteiger partial charge in [-0.15, -0.1) is 29.1 Å². The maximum atomic E-state index is 11.9. The van der Waals surface area contributed by atoms with Gasteiger partial charge in [0.2, 0.25) is 0 Å². The van der Waals surface area contributed by atoms with Crippen LogP contribution in [0.2, 0.25) is 0 Å². The van der Waals surface area contributed by atoms with Crippen molar-refractivity contribution in [3.8, 4) is 10.8 Å². The van der Waals surface area contributed by atoms with Gasteiger partial charge in [0.05, 0.1) is 4.88 Å². The third-order valence-electron chi connectivity index (χ3n) is 2.13. The van der Waals surface area contributed by atoms with E-state index in [9.17, 15) is 4.79 Å². The first kappa shape index (κ1) is 16.9. The lowest BCUT2D eigenvalue weighted by Crippen LogP contribution is -2.27. The van der Waals surface area contributed by atoms with E-state index in [-0.39, 0.29) is 5.70 Å². The van der Waals surface area contributed by atoms with E-state index in [1.54, 1.807) is 20.8 Å². The van der Waals surface area contributed by atoms with Crippen molar-refractivity contribution in [3.05, 3.63) is 28.6 Å². The van der Waals surface area contributed by atoms with Crippen molar-refractivity contribution >= 4 is 41.9 Å². The van der Waals surface area contributed by atoms with Crippen molar-refractivity contribution in [2.45, 2.75) is 31.6 Å². The standard InChI is InChI=1S/C13H15N3O3S3/c1-13(2,3)19-11(17)8(7-20)16-22-12-15-14-10(18-12)9-5-4-6-21-9/h4-7,16,20H,1-3H3/b8-7-. The van der Waals surface area contributed by atoms with Crippen molar-refractivity contribution in [3.63, 3.8) is 0 Å². The molecule has 0 aromatic carbocycles. The summed E-state index contributed by atoms with van der Waals surface area (Å²) >= 11 is 6.53. The summed E-state index contributed by atoms with van der Waals surface area (Å²) in [5.41, 5.74) is -0.387. The lowest BCUT2D eigenvalue weighted by atomic mass is 10.2. The lowest BCUT2D eigenvalue weighted by molar-refractivity contribution is -0.150. The van der Waals surface area contributed by atoms with Gasteiger partial charge in [-0.25, -0.2) is 4.79 Å². The van der Waals surface area contributed by atoms with Crippen LogP contribution < -0.4 is 4.72 Å². The molecule has 9 heteroatoms. The summed E-state index contributed by atoms with van der Waals surface area (Å²) in [5, 5.41) is 11.4. The Bertz CT molecular complexity index is 660. The van der Waals surface area contributed by atoms with Crippen molar-refractivity contribution in [2.75, 3.05) is 0 Å². The Morgan fingerprint density at radius 1 is 1.50 bits per heavy atom. The smallest absolute Gasteiger partial charge is 0.356 e. The third kappa shape index (κ3) is 4.79. The van der Waals surface area contributed by atoms with Gasteiger partial charge in [-0.1, -0.05) is 11.2 Å². The molecule has 6 nitrogen and oxygen atoms in total. The van der Waals surface area contributed by atoms with E-state index in [4.69, 9.17) is 9.15 Å². The first-order valence-electron chi connectivity index (χ1n) is 6.27. The Morgan fingerprint density at radius 2 is 2.27 bits per heavy atom. The van der Waals surface area contributed by atoms with E-state index < -0.39 is 11.6 Å². The van der Waals surface area contributed by atoms with Crippen LogP contribution >= 0.6 is 35.9 Å². The molecular weight excluding hydrogens is 342 g/mol. The number of hydrogen-bond donors (Lipinski definition) is 2. The second-order valence-corrected chi connectivity index (χ2v) is 7.06. The zero-order valence-corrected chi connectivity index (χ0v) is 14.7. The minimum atomic E-state index is -0.581. The molecule has 2 aromatic rings. The van der Waals surface area contributed by atoms with E-state index >= 15 is 0 Å². The maximum absolute atomic E-state index is 11.9. The molecule has 0 saturated heterocycles. The highest BCUT2D eigenvalue weighted by Gasteiger charge is 2.20. The molecule has 0 saturated carbocycles. The molecule has 2 heterocycles. The summed E-state index contributed by atoms with van der Waals surface area (Å²) < 4.78 is 13.5. The molecule has 0 radical (unpaired) electrons. The average molecular weight is 357 g/mol. The van der Waals surface area contributed by atoms with Crippen LogP contribution in [0.25, 0.3) is 10.8 Å². The van der Waals surface area contributed by atoms with E-state index in [0.29, 0.717) is 11.1 Å². The normalized spacial score (nSPS) is 12.3. The largest absolute Gasteiger partial charge is 0.455 e. The molecule has 118 valence electrons. The van der Waals surface area contributed by atoms with Crippen LogP contribution in [0.1, 0.15) is 20.8 Å². The van der Waals surface area contributed by atoms with Gasteiger partial charge in [0.25, 0.3) is 11.1 Å². The monoisotopic (exact) mass is 357 g/mol. The van der Waals surface area contributed by atoms with E-state index in [1.807, 2.05) is 17.5 Å². The summed E-state index contributed by atoms with van der Waals surface area (Å²) in [4.78, 5) is 12.8. The van der Waals surface area contributed by atoms with Gasteiger partial charge in [-0.3, -0.25) is 0 Å². The predicted octanol–water partition coefficient (Wildman–Crippen LogP) is 3.51. The van der Waals surface area contributed by atoms with Gasteiger partial charge in [0.1, 0.15) is 11.3 Å². The van der Waals surface area contributed by atoms with Gasteiger partial charge in [0.15, 0.2) is 0 Å². The SMILES string of the molecule is CC(C)(C)OC(=O)/C(=C/S)NSc1nnc(-c2cccs2)o1. The number of rotatable bonds is 5. The number of thiol groups is 1. The van der Waals surface area contributed by atoms with Crippen molar-refractivity contribution in [1.82, 2.24) is 14.9 Å². The molecule has 0 aliphatic carbocycles. The molecule has 2 rings (SSSR count). The fraction of sp³-hybridized carbons (Fsp3) is 0.308. The quantitative estimate of drug-likeness (QED) is 0.367. The van der Waals surface area contributed by atoms with Crippen LogP contribution in [-0.4, -0.2) is 21.8 Å². The Morgan fingerprint density at radius 3 is 2.86 bits per heavy atom. The van der Waals surface area contributed by atoms with Gasteiger partial charge in [0, 0.05) is 11.9 Å². The Hall–Kier alpha value is -1.45. The number of nitrogens with one attached hydrogen (secondary N) is 1. The summed E-state index contributed by atoms with van der Waals surface area (Å²) in [5.74, 6) is -0.0685. The van der Waals surface area contributed by atoms with E-state index in [0.717, 1.165) is 16.8 Å². The maximum Gasteiger partial charge on any atom is 0.356 e. The Kier molecular flexibility index (Phi) is 5.54. The van der Waals surface area contributed by atoms with Crippen LogP contribution in [0.4, 0.5) is 0 Å². The highest BCUT2D eigenvalue weighted by atomic mass is 32.2. The number of hydrogen-bond acceptors (Lipinski definition) is 9. The van der Waals surface area contributed by atoms with Gasteiger partial charge >= 0.3 is 5.97 Å². The summed E-state index contributed by atoms with van der Waals surface area (Å²) in [7, 11) is 0. The zero-order valence-electron chi connectivity index (χ0n) is 12.2. The molecule has 0 aliphatic heterocycles. The molecule has 0 aliphatic rings. The first-order valence-corrected chi connectivity index (χ1v) is 8.48. The number of esters is 1. The average Bonchev–Trinajstić information content (AvgIpc) is 3.08. The van der Waals surface area contributed by atoms with E-state index in [2.05, 4.69) is 27.5 Å². The molecule has 0 fully saturated rings. The Labute approximate surface area is 141 Å². The van der Waals surface area contributed by atoms with Crippen molar-refractivity contribution in [2.24, 2.45) is 0 Å². The first-order chi connectivity index (χ1) is 10.4. The summed E-state index contributed by atoms with van der Waals surface area (Å²) in [6.45, 7) is 5.37.